The highest BCUT2D eigenvalue weighted by molar-refractivity contribution is 5.62. The van der Waals surface area contributed by atoms with Gasteiger partial charge in [0.25, 0.3) is 0 Å². The monoisotopic (exact) mass is 313 g/mol. The molecule has 3 aromatic rings. The van der Waals surface area contributed by atoms with E-state index in [-0.39, 0.29) is 18.9 Å². The summed E-state index contributed by atoms with van der Waals surface area (Å²) in [6.45, 7) is -0.0202. The van der Waals surface area contributed by atoms with Crippen molar-refractivity contribution in [2.45, 2.75) is 12.5 Å². The number of aromatic nitrogens is 3. The largest absolute Gasteiger partial charge is 0.391 e. The summed E-state index contributed by atoms with van der Waals surface area (Å²) in [4.78, 5) is 17.1. The van der Waals surface area contributed by atoms with Gasteiger partial charge >= 0.3 is 5.69 Å². The average molecular weight is 313 g/mol. The van der Waals surface area contributed by atoms with Crippen molar-refractivity contribution >= 4 is 5.65 Å². The second-order valence-electron chi connectivity index (χ2n) is 5.26. The third-order valence-corrected chi connectivity index (χ3v) is 3.81. The molecular weight excluding hydrogens is 298 g/mol. The van der Waals surface area contributed by atoms with Gasteiger partial charge in [-0.1, -0.05) is 30.3 Å². The van der Waals surface area contributed by atoms with Gasteiger partial charge in [0, 0.05) is 18.0 Å². The molecule has 3 heterocycles. The summed E-state index contributed by atoms with van der Waals surface area (Å²) < 4.78 is 13.7. The van der Waals surface area contributed by atoms with E-state index in [1.165, 1.54) is 8.97 Å². The van der Waals surface area contributed by atoms with Crippen LogP contribution in [0.5, 0.6) is 0 Å². The maximum absolute atomic E-state index is 12.6. The van der Waals surface area contributed by atoms with Crippen molar-refractivity contribution in [2.75, 3.05) is 13.2 Å². The van der Waals surface area contributed by atoms with Crippen LogP contribution in [0.1, 0.15) is 6.23 Å². The third-order valence-electron chi connectivity index (χ3n) is 3.81. The number of aliphatic hydroxyl groups is 1. The summed E-state index contributed by atoms with van der Waals surface area (Å²) in [7, 11) is 0. The number of ether oxygens (including phenoxy) is 2. The Bertz CT molecular complexity index is 887. The molecule has 7 nitrogen and oxygen atoms in total. The Morgan fingerprint density at radius 1 is 1.26 bits per heavy atom. The minimum Gasteiger partial charge on any atom is -0.391 e. The van der Waals surface area contributed by atoms with Crippen LogP contribution in [0.25, 0.3) is 16.9 Å². The van der Waals surface area contributed by atoms with E-state index < -0.39 is 12.5 Å². The SMILES string of the molecule is O=c1n([C@H]2CO[C@@H](CO)O2)ccc2nc(-c3ccccc3)cn12. The van der Waals surface area contributed by atoms with Crippen LogP contribution < -0.4 is 5.69 Å². The molecule has 23 heavy (non-hydrogen) atoms. The Morgan fingerprint density at radius 3 is 2.83 bits per heavy atom. The van der Waals surface area contributed by atoms with Crippen LogP contribution in [0.4, 0.5) is 0 Å². The molecule has 0 radical (unpaired) electrons. The van der Waals surface area contributed by atoms with E-state index in [9.17, 15) is 4.79 Å². The highest BCUT2D eigenvalue weighted by atomic mass is 16.7. The van der Waals surface area contributed by atoms with E-state index in [0.29, 0.717) is 5.65 Å². The highest BCUT2D eigenvalue weighted by Crippen LogP contribution is 2.21. The summed E-state index contributed by atoms with van der Waals surface area (Å²) in [5.41, 5.74) is 1.99. The van der Waals surface area contributed by atoms with Crippen LogP contribution in [0.15, 0.2) is 53.6 Å². The van der Waals surface area contributed by atoms with Gasteiger partial charge in [0.15, 0.2) is 12.5 Å². The molecule has 0 saturated carbocycles. The molecule has 0 bridgehead atoms. The fraction of sp³-hybridized carbons (Fsp3) is 0.250. The van der Waals surface area contributed by atoms with E-state index in [0.717, 1.165) is 11.3 Å². The zero-order valence-electron chi connectivity index (χ0n) is 12.2. The zero-order valence-corrected chi connectivity index (χ0v) is 12.2. The van der Waals surface area contributed by atoms with Gasteiger partial charge in [-0.25, -0.2) is 9.78 Å². The lowest BCUT2D eigenvalue weighted by molar-refractivity contribution is -0.0993. The topological polar surface area (TPSA) is 78.0 Å². The van der Waals surface area contributed by atoms with E-state index in [1.807, 2.05) is 30.3 Å². The minimum absolute atomic E-state index is 0.219. The molecule has 4 rings (SSSR count). The van der Waals surface area contributed by atoms with Gasteiger partial charge < -0.3 is 14.6 Å². The Hall–Kier alpha value is -2.48. The standard InChI is InChI=1S/C16H15N3O4/c20-9-15-22-10-14(23-15)18-7-6-13-17-12(8-19(13)16(18)21)11-4-2-1-3-5-11/h1-8,14-15,20H,9-10H2/t14-,15-/m1/s1. The first-order valence-electron chi connectivity index (χ1n) is 7.30. The first kappa shape index (κ1) is 14.1. The van der Waals surface area contributed by atoms with E-state index in [1.54, 1.807) is 18.5 Å². The number of benzene rings is 1. The lowest BCUT2D eigenvalue weighted by atomic mass is 10.2. The minimum atomic E-state index is -0.690. The average Bonchev–Trinajstić information content (AvgIpc) is 3.23. The molecule has 0 amide bonds. The molecule has 0 aliphatic carbocycles. The highest BCUT2D eigenvalue weighted by Gasteiger charge is 2.27. The quantitative estimate of drug-likeness (QED) is 0.781. The van der Waals surface area contributed by atoms with Gasteiger partial charge in [-0.2, -0.15) is 0 Å². The summed E-state index contributed by atoms with van der Waals surface area (Å²) in [5.74, 6) is 0. The first-order valence-corrected chi connectivity index (χ1v) is 7.30. The molecule has 1 aliphatic heterocycles. The number of hydrogen-bond donors (Lipinski definition) is 1. The fourth-order valence-corrected chi connectivity index (χ4v) is 2.65. The number of nitrogens with zero attached hydrogens (tertiary/aromatic N) is 3. The first-order chi connectivity index (χ1) is 11.3. The number of imidazole rings is 1. The number of hydrogen-bond acceptors (Lipinski definition) is 5. The van der Waals surface area contributed by atoms with Crippen molar-refractivity contribution in [3.8, 4) is 11.3 Å². The smallest absolute Gasteiger partial charge is 0.336 e. The second kappa shape index (κ2) is 5.62. The predicted octanol–water partition coefficient (Wildman–Crippen LogP) is 1.03. The summed E-state index contributed by atoms with van der Waals surface area (Å²) in [6.07, 6.45) is 2.10. The van der Waals surface area contributed by atoms with Crippen LogP contribution in [0.2, 0.25) is 0 Å². The molecule has 2 atom stereocenters. The number of fused-ring (bicyclic) bond motifs is 1. The van der Waals surface area contributed by atoms with Crippen LogP contribution in [-0.4, -0.2) is 38.6 Å². The Morgan fingerprint density at radius 2 is 2.09 bits per heavy atom. The molecule has 1 N–H and O–H groups in total. The van der Waals surface area contributed by atoms with Gasteiger partial charge in [0.05, 0.1) is 18.9 Å². The van der Waals surface area contributed by atoms with Crippen LogP contribution in [-0.2, 0) is 9.47 Å². The molecule has 7 heteroatoms. The maximum atomic E-state index is 12.6. The number of aliphatic hydroxyl groups excluding tert-OH is 1. The molecule has 118 valence electrons. The van der Waals surface area contributed by atoms with E-state index in [2.05, 4.69) is 4.98 Å². The summed E-state index contributed by atoms with van der Waals surface area (Å²) in [6, 6.07) is 11.4. The zero-order chi connectivity index (χ0) is 15.8. The lowest BCUT2D eigenvalue weighted by Gasteiger charge is -2.12. The Balaban J connectivity index is 1.76. The van der Waals surface area contributed by atoms with E-state index >= 15 is 0 Å². The van der Waals surface area contributed by atoms with Gasteiger partial charge in [-0.15, -0.1) is 0 Å². The molecule has 0 spiro atoms. The van der Waals surface area contributed by atoms with Gasteiger partial charge in [-0.3, -0.25) is 8.97 Å². The lowest BCUT2D eigenvalue weighted by Crippen LogP contribution is -2.30. The normalized spacial score (nSPS) is 21.1. The summed E-state index contributed by atoms with van der Waals surface area (Å²) in [5, 5.41) is 9.05. The third kappa shape index (κ3) is 2.44. The molecule has 1 aliphatic rings. The van der Waals surface area contributed by atoms with Crippen molar-refractivity contribution in [2.24, 2.45) is 0 Å². The predicted molar refractivity (Wildman–Crippen MR) is 81.8 cm³/mol. The van der Waals surface area contributed by atoms with Crippen molar-refractivity contribution in [1.82, 2.24) is 14.0 Å². The van der Waals surface area contributed by atoms with Crippen LogP contribution >= 0.6 is 0 Å². The van der Waals surface area contributed by atoms with Crippen molar-refractivity contribution in [3.63, 3.8) is 0 Å². The Labute approximate surface area is 131 Å². The maximum Gasteiger partial charge on any atom is 0.336 e. The van der Waals surface area contributed by atoms with Crippen LogP contribution in [0, 0.1) is 0 Å². The molecule has 1 aromatic carbocycles. The van der Waals surface area contributed by atoms with Crippen molar-refractivity contribution in [3.05, 3.63) is 59.3 Å². The molecule has 1 fully saturated rings. The van der Waals surface area contributed by atoms with Gasteiger partial charge in [0.1, 0.15) is 5.65 Å². The molecule has 2 aromatic heterocycles. The van der Waals surface area contributed by atoms with Gasteiger partial charge in [-0.05, 0) is 6.07 Å². The van der Waals surface area contributed by atoms with Crippen LogP contribution in [0.3, 0.4) is 0 Å². The molecule has 0 unspecified atom stereocenters. The van der Waals surface area contributed by atoms with Crippen molar-refractivity contribution in [1.29, 1.82) is 0 Å². The second-order valence-corrected chi connectivity index (χ2v) is 5.26. The van der Waals surface area contributed by atoms with E-state index in [4.69, 9.17) is 14.6 Å². The molecule has 1 saturated heterocycles. The summed E-state index contributed by atoms with van der Waals surface area (Å²) >= 11 is 0. The fourth-order valence-electron chi connectivity index (χ4n) is 2.65. The molecular formula is C16H15N3O4. The number of rotatable bonds is 3. The van der Waals surface area contributed by atoms with Crippen molar-refractivity contribution < 1.29 is 14.6 Å². The Kier molecular flexibility index (Phi) is 3.45. The van der Waals surface area contributed by atoms with Gasteiger partial charge in [0.2, 0.25) is 0 Å².